The molecule has 3 aromatic rings. The zero-order chi connectivity index (χ0) is 15.8. The number of benzene rings is 1. The van der Waals surface area contributed by atoms with Crippen LogP contribution >= 0.6 is 0 Å². The summed E-state index contributed by atoms with van der Waals surface area (Å²) in [6.07, 6.45) is 6.40. The molecule has 1 aliphatic heterocycles. The Balaban J connectivity index is 1.60. The van der Waals surface area contributed by atoms with Crippen LogP contribution in [0.2, 0.25) is 0 Å². The second-order valence-electron chi connectivity index (χ2n) is 6.51. The molecule has 1 atom stereocenters. The molecular formula is C19H22N4. The van der Waals surface area contributed by atoms with Crippen molar-refractivity contribution in [3.8, 4) is 0 Å². The predicted molar refractivity (Wildman–Crippen MR) is 92.1 cm³/mol. The van der Waals surface area contributed by atoms with Crippen molar-refractivity contribution in [1.29, 1.82) is 0 Å². The molecule has 23 heavy (non-hydrogen) atoms. The van der Waals surface area contributed by atoms with Crippen molar-refractivity contribution in [3.05, 3.63) is 59.8 Å². The third kappa shape index (κ3) is 2.75. The number of hydrogen-bond acceptors (Lipinski definition) is 3. The standard InChI is InChI=1S/C19H22N4/c1-14-12-22(2)19(21-14)18-6-4-10-23(18)13-15-7-8-17-16(11-15)5-3-9-20-17/h3,5,7-9,11-12,18H,4,6,10,13H2,1-2H3/t18-/m0/s1. The number of hydrogen-bond donors (Lipinski definition) is 0. The zero-order valence-corrected chi connectivity index (χ0v) is 13.7. The number of aromatic nitrogens is 3. The Hall–Kier alpha value is -2.20. The van der Waals surface area contributed by atoms with Gasteiger partial charge in [0.25, 0.3) is 0 Å². The molecule has 118 valence electrons. The molecule has 3 heterocycles. The van der Waals surface area contributed by atoms with Crippen LogP contribution in [0, 0.1) is 6.92 Å². The summed E-state index contributed by atoms with van der Waals surface area (Å²) in [5, 5.41) is 1.22. The molecule has 1 fully saturated rings. The molecule has 1 aliphatic rings. The normalized spacial score (nSPS) is 18.8. The fourth-order valence-corrected chi connectivity index (χ4v) is 3.71. The first-order valence-electron chi connectivity index (χ1n) is 8.28. The van der Waals surface area contributed by atoms with E-state index in [4.69, 9.17) is 4.98 Å². The van der Waals surface area contributed by atoms with E-state index in [0.717, 1.165) is 24.3 Å². The van der Waals surface area contributed by atoms with Gasteiger partial charge in [-0.3, -0.25) is 9.88 Å². The lowest BCUT2D eigenvalue weighted by Gasteiger charge is -2.24. The highest BCUT2D eigenvalue weighted by Crippen LogP contribution is 2.32. The third-order valence-corrected chi connectivity index (χ3v) is 4.75. The number of likely N-dealkylation sites (tertiary alicyclic amines) is 1. The summed E-state index contributed by atoms with van der Waals surface area (Å²) in [6, 6.07) is 11.2. The summed E-state index contributed by atoms with van der Waals surface area (Å²) in [5.74, 6) is 1.20. The molecule has 1 saturated heterocycles. The predicted octanol–water partition coefficient (Wildman–Crippen LogP) is 3.61. The van der Waals surface area contributed by atoms with Crippen molar-refractivity contribution >= 4 is 10.9 Å². The van der Waals surface area contributed by atoms with E-state index >= 15 is 0 Å². The van der Waals surface area contributed by atoms with Gasteiger partial charge in [0.1, 0.15) is 5.82 Å². The molecule has 0 unspecified atom stereocenters. The minimum absolute atomic E-state index is 0.429. The molecular weight excluding hydrogens is 284 g/mol. The molecule has 0 bridgehead atoms. The van der Waals surface area contributed by atoms with Crippen LogP contribution in [0.5, 0.6) is 0 Å². The Bertz CT molecular complexity index is 836. The van der Waals surface area contributed by atoms with Gasteiger partial charge < -0.3 is 4.57 Å². The van der Waals surface area contributed by atoms with Gasteiger partial charge in [-0.2, -0.15) is 0 Å². The van der Waals surface area contributed by atoms with Gasteiger partial charge in [-0.1, -0.05) is 12.1 Å². The van der Waals surface area contributed by atoms with E-state index < -0.39 is 0 Å². The number of aryl methyl sites for hydroxylation is 2. The Morgan fingerprint density at radius 1 is 1.26 bits per heavy atom. The fraction of sp³-hybridized carbons (Fsp3) is 0.368. The van der Waals surface area contributed by atoms with Crippen molar-refractivity contribution in [2.75, 3.05) is 6.54 Å². The van der Waals surface area contributed by atoms with Crippen LogP contribution in [-0.4, -0.2) is 26.0 Å². The van der Waals surface area contributed by atoms with Crippen LogP contribution in [0.4, 0.5) is 0 Å². The Kier molecular flexibility index (Phi) is 3.62. The van der Waals surface area contributed by atoms with E-state index in [1.54, 1.807) is 0 Å². The van der Waals surface area contributed by atoms with Gasteiger partial charge in [-0.25, -0.2) is 4.98 Å². The van der Waals surface area contributed by atoms with E-state index in [1.807, 2.05) is 12.3 Å². The van der Waals surface area contributed by atoms with E-state index in [-0.39, 0.29) is 0 Å². The lowest BCUT2D eigenvalue weighted by molar-refractivity contribution is 0.236. The molecule has 1 aromatic carbocycles. The summed E-state index contributed by atoms with van der Waals surface area (Å²) >= 11 is 0. The second-order valence-corrected chi connectivity index (χ2v) is 6.51. The third-order valence-electron chi connectivity index (χ3n) is 4.75. The first-order chi connectivity index (χ1) is 11.2. The van der Waals surface area contributed by atoms with Crippen LogP contribution < -0.4 is 0 Å². The van der Waals surface area contributed by atoms with Gasteiger partial charge in [0, 0.05) is 31.4 Å². The topological polar surface area (TPSA) is 34.0 Å². The lowest BCUT2D eigenvalue weighted by atomic mass is 10.1. The van der Waals surface area contributed by atoms with Crippen LogP contribution in [0.3, 0.4) is 0 Å². The Labute approximate surface area is 136 Å². The molecule has 0 aliphatic carbocycles. The summed E-state index contributed by atoms with van der Waals surface area (Å²) < 4.78 is 2.18. The first-order valence-corrected chi connectivity index (χ1v) is 8.28. The van der Waals surface area contributed by atoms with Crippen molar-refractivity contribution in [2.24, 2.45) is 7.05 Å². The SMILES string of the molecule is Cc1cn(C)c([C@@H]2CCCN2Cc2ccc3ncccc3c2)n1. The van der Waals surface area contributed by atoms with Gasteiger partial charge in [0.2, 0.25) is 0 Å². The van der Waals surface area contributed by atoms with Crippen molar-refractivity contribution < 1.29 is 0 Å². The van der Waals surface area contributed by atoms with Crippen LogP contribution in [0.1, 0.15) is 36.0 Å². The van der Waals surface area contributed by atoms with Gasteiger partial charge in [-0.15, -0.1) is 0 Å². The van der Waals surface area contributed by atoms with Crippen LogP contribution in [-0.2, 0) is 13.6 Å². The summed E-state index contributed by atoms with van der Waals surface area (Å²) in [5.41, 5.74) is 3.52. The molecule has 0 saturated carbocycles. The number of nitrogens with zero attached hydrogens (tertiary/aromatic N) is 4. The van der Waals surface area contributed by atoms with Crippen LogP contribution in [0.15, 0.2) is 42.7 Å². The number of imidazole rings is 1. The monoisotopic (exact) mass is 306 g/mol. The minimum Gasteiger partial charge on any atom is -0.336 e. The minimum atomic E-state index is 0.429. The maximum Gasteiger partial charge on any atom is 0.126 e. The quantitative estimate of drug-likeness (QED) is 0.741. The molecule has 0 radical (unpaired) electrons. The smallest absolute Gasteiger partial charge is 0.126 e. The average molecular weight is 306 g/mol. The maximum absolute atomic E-state index is 4.75. The van der Waals surface area contributed by atoms with Gasteiger partial charge in [0.05, 0.1) is 17.3 Å². The van der Waals surface area contributed by atoms with Crippen molar-refractivity contribution in [1.82, 2.24) is 19.4 Å². The van der Waals surface area contributed by atoms with Gasteiger partial charge >= 0.3 is 0 Å². The highest BCUT2D eigenvalue weighted by Gasteiger charge is 2.29. The summed E-state index contributed by atoms with van der Waals surface area (Å²) in [6.45, 7) is 4.18. The molecule has 4 nitrogen and oxygen atoms in total. The summed E-state index contributed by atoms with van der Waals surface area (Å²) in [4.78, 5) is 11.7. The van der Waals surface area contributed by atoms with E-state index in [9.17, 15) is 0 Å². The molecule has 4 rings (SSSR count). The zero-order valence-electron chi connectivity index (χ0n) is 13.7. The van der Waals surface area contributed by atoms with Crippen molar-refractivity contribution in [3.63, 3.8) is 0 Å². The van der Waals surface area contributed by atoms with E-state index in [1.165, 1.54) is 29.6 Å². The second kappa shape index (κ2) is 5.78. The fourth-order valence-electron chi connectivity index (χ4n) is 3.71. The van der Waals surface area contributed by atoms with E-state index in [2.05, 4.69) is 58.9 Å². The largest absolute Gasteiger partial charge is 0.336 e. The average Bonchev–Trinajstić information content (AvgIpc) is 3.13. The lowest BCUT2D eigenvalue weighted by Crippen LogP contribution is -2.24. The molecule has 0 amide bonds. The summed E-state index contributed by atoms with van der Waals surface area (Å²) in [7, 11) is 2.10. The van der Waals surface area contributed by atoms with Crippen molar-refractivity contribution in [2.45, 2.75) is 32.4 Å². The van der Waals surface area contributed by atoms with Gasteiger partial charge in [-0.05, 0) is 50.1 Å². The number of rotatable bonds is 3. The highest BCUT2D eigenvalue weighted by atomic mass is 15.2. The number of pyridine rings is 1. The molecule has 2 aromatic heterocycles. The first kappa shape index (κ1) is 14.4. The van der Waals surface area contributed by atoms with E-state index in [0.29, 0.717) is 6.04 Å². The molecule has 4 heteroatoms. The molecule has 0 N–H and O–H groups in total. The van der Waals surface area contributed by atoms with Crippen LogP contribution in [0.25, 0.3) is 10.9 Å². The number of fused-ring (bicyclic) bond motifs is 1. The van der Waals surface area contributed by atoms with Gasteiger partial charge in [0.15, 0.2) is 0 Å². The Morgan fingerprint density at radius 2 is 2.17 bits per heavy atom. The molecule has 0 spiro atoms. The maximum atomic E-state index is 4.75. The Morgan fingerprint density at radius 3 is 3.00 bits per heavy atom. The highest BCUT2D eigenvalue weighted by molar-refractivity contribution is 5.78.